The number of aryl methyl sites for hydroxylation is 2. The Morgan fingerprint density at radius 3 is 2.53 bits per heavy atom. The first-order valence-electron chi connectivity index (χ1n) is 6.10. The summed E-state index contributed by atoms with van der Waals surface area (Å²) in [7, 11) is 0. The molecule has 1 heterocycles. The van der Waals surface area contributed by atoms with E-state index >= 15 is 0 Å². The fourth-order valence-corrected chi connectivity index (χ4v) is 1.89. The molecule has 0 unspecified atom stereocenters. The number of furan rings is 1. The molecule has 92 valence electrons. The molecular weight excluding hydrogens is 210 g/mol. The summed E-state index contributed by atoms with van der Waals surface area (Å²) >= 11 is 0. The summed E-state index contributed by atoms with van der Waals surface area (Å²) in [6.45, 7) is 11.6. The third-order valence-electron chi connectivity index (χ3n) is 3.15. The Labute approximate surface area is 103 Å². The van der Waals surface area contributed by atoms with Gasteiger partial charge in [0.15, 0.2) is 0 Å². The zero-order chi connectivity index (χ0) is 12.6. The molecule has 0 aliphatic rings. The summed E-state index contributed by atoms with van der Waals surface area (Å²) < 4.78 is 5.69. The first kappa shape index (κ1) is 12.2. The first-order valence-corrected chi connectivity index (χ1v) is 6.10. The van der Waals surface area contributed by atoms with E-state index in [4.69, 9.17) is 4.42 Å². The molecule has 0 aliphatic carbocycles. The number of hydrogen-bond acceptors (Lipinski definition) is 2. The summed E-state index contributed by atoms with van der Waals surface area (Å²) in [4.78, 5) is 0. The summed E-state index contributed by atoms with van der Waals surface area (Å²) in [5, 5.41) is 4.72. The number of rotatable bonds is 2. The fraction of sp³-hybridized carbons (Fsp3) is 0.467. The Hall–Kier alpha value is -1.28. The van der Waals surface area contributed by atoms with E-state index in [-0.39, 0.29) is 5.54 Å². The molecular formula is C15H21NO. The van der Waals surface area contributed by atoms with Crippen LogP contribution in [0.1, 0.15) is 37.5 Å². The van der Waals surface area contributed by atoms with Gasteiger partial charge in [-0.15, -0.1) is 0 Å². The average Bonchev–Trinajstić information content (AvgIpc) is 2.63. The minimum atomic E-state index is 0.128. The van der Waals surface area contributed by atoms with Gasteiger partial charge in [-0.1, -0.05) is 12.1 Å². The van der Waals surface area contributed by atoms with Gasteiger partial charge in [-0.2, -0.15) is 0 Å². The Bertz CT molecular complexity index is 532. The van der Waals surface area contributed by atoms with Crippen LogP contribution in [0.2, 0.25) is 0 Å². The van der Waals surface area contributed by atoms with Crippen LogP contribution in [0.3, 0.4) is 0 Å². The second-order valence-corrected chi connectivity index (χ2v) is 5.75. The van der Waals surface area contributed by atoms with Gasteiger partial charge in [-0.25, -0.2) is 0 Å². The predicted octanol–water partition coefficient (Wildman–Crippen LogP) is 3.94. The highest BCUT2D eigenvalue weighted by molar-refractivity contribution is 5.84. The van der Waals surface area contributed by atoms with Crippen molar-refractivity contribution in [1.29, 1.82) is 0 Å². The lowest BCUT2D eigenvalue weighted by Gasteiger charge is -2.20. The quantitative estimate of drug-likeness (QED) is 0.847. The molecule has 0 saturated heterocycles. The Morgan fingerprint density at radius 1 is 1.18 bits per heavy atom. The molecule has 2 nitrogen and oxygen atoms in total. The smallest absolute Gasteiger partial charge is 0.137 e. The van der Waals surface area contributed by atoms with Crippen LogP contribution >= 0.6 is 0 Å². The fourth-order valence-electron chi connectivity index (χ4n) is 1.89. The van der Waals surface area contributed by atoms with Crippen molar-refractivity contribution in [3.8, 4) is 0 Å². The second kappa shape index (κ2) is 4.19. The van der Waals surface area contributed by atoms with Crippen molar-refractivity contribution in [2.45, 2.75) is 46.7 Å². The highest BCUT2D eigenvalue weighted by Crippen LogP contribution is 2.26. The molecule has 0 aliphatic heterocycles. The van der Waals surface area contributed by atoms with E-state index in [0.29, 0.717) is 0 Å². The Kier molecular flexibility index (Phi) is 3.00. The van der Waals surface area contributed by atoms with Crippen LogP contribution in [-0.4, -0.2) is 5.54 Å². The minimum Gasteiger partial charge on any atom is -0.464 e. The van der Waals surface area contributed by atoms with Crippen molar-refractivity contribution in [3.63, 3.8) is 0 Å². The highest BCUT2D eigenvalue weighted by atomic mass is 16.3. The van der Waals surface area contributed by atoms with E-state index in [1.54, 1.807) is 0 Å². The molecule has 0 amide bonds. The van der Waals surface area contributed by atoms with Crippen LogP contribution in [0, 0.1) is 13.8 Å². The van der Waals surface area contributed by atoms with Crippen molar-refractivity contribution in [3.05, 3.63) is 35.1 Å². The van der Waals surface area contributed by atoms with Gasteiger partial charge in [0, 0.05) is 23.0 Å². The van der Waals surface area contributed by atoms with Crippen LogP contribution < -0.4 is 5.32 Å². The normalized spacial score (nSPS) is 12.3. The third-order valence-corrected chi connectivity index (χ3v) is 3.15. The van der Waals surface area contributed by atoms with Gasteiger partial charge >= 0.3 is 0 Å². The number of fused-ring (bicyclic) bond motifs is 1. The molecule has 0 radical (unpaired) electrons. The predicted molar refractivity (Wildman–Crippen MR) is 72.3 cm³/mol. The largest absolute Gasteiger partial charge is 0.464 e. The molecule has 2 heteroatoms. The van der Waals surface area contributed by atoms with Crippen LogP contribution in [0.4, 0.5) is 0 Å². The monoisotopic (exact) mass is 231 g/mol. The van der Waals surface area contributed by atoms with Crippen LogP contribution in [0.15, 0.2) is 22.8 Å². The Morgan fingerprint density at radius 2 is 1.88 bits per heavy atom. The zero-order valence-electron chi connectivity index (χ0n) is 11.3. The molecule has 2 rings (SSSR count). The van der Waals surface area contributed by atoms with E-state index in [9.17, 15) is 0 Å². The van der Waals surface area contributed by atoms with Gasteiger partial charge in [0.25, 0.3) is 0 Å². The van der Waals surface area contributed by atoms with Crippen molar-refractivity contribution in [1.82, 2.24) is 5.32 Å². The molecule has 1 N–H and O–H groups in total. The van der Waals surface area contributed by atoms with Gasteiger partial charge in [0.1, 0.15) is 5.58 Å². The van der Waals surface area contributed by atoms with Crippen molar-refractivity contribution < 1.29 is 4.42 Å². The lowest BCUT2D eigenvalue weighted by molar-refractivity contribution is 0.423. The topological polar surface area (TPSA) is 25.2 Å². The summed E-state index contributed by atoms with van der Waals surface area (Å²) in [5.74, 6) is 0. The molecule has 0 fully saturated rings. The van der Waals surface area contributed by atoms with E-state index in [0.717, 1.165) is 12.1 Å². The molecule has 1 aromatic carbocycles. The second-order valence-electron chi connectivity index (χ2n) is 5.75. The van der Waals surface area contributed by atoms with Gasteiger partial charge in [0.2, 0.25) is 0 Å². The number of benzene rings is 1. The van der Waals surface area contributed by atoms with Crippen LogP contribution in [0.5, 0.6) is 0 Å². The maximum Gasteiger partial charge on any atom is 0.137 e. The molecule has 0 saturated carbocycles. The summed E-state index contributed by atoms with van der Waals surface area (Å²) in [6.07, 6.45) is 1.87. The number of nitrogens with one attached hydrogen (secondary N) is 1. The van der Waals surface area contributed by atoms with Gasteiger partial charge < -0.3 is 9.73 Å². The lowest BCUT2D eigenvalue weighted by atomic mass is 10.0. The standard InChI is InChI=1S/C15H21NO/c1-10-6-7-13-12(8-16-15(3,4)5)9-17-14(13)11(10)2/h6-7,9,16H,8H2,1-5H3. The number of hydrogen-bond donors (Lipinski definition) is 1. The molecule has 0 spiro atoms. The van der Waals surface area contributed by atoms with E-state index in [1.165, 1.54) is 22.1 Å². The maximum absolute atomic E-state index is 5.69. The van der Waals surface area contributed by atoms with Gasteiger partial charge in [0.05, 0.1) is 6.26 Å². The van der Waals surface area contributed by atoms with Crippen molar-refractivity contribution in [2.75, 3.05) is 0 Å². The maximum atomic E-state index is 5.69. The van der Waals surface area contributed by atoms with E-state index < -0.39 is 0 Å². The van der Waals surface area contributed by atoms with Crippen LogP contribution in [-0.2, 0) is 6.54 Å². The molecule has 1 aromatic heterocycles. The average molecular weight is 231 g/mol. The Balaban J connectivity index is 2.34. The SMILES string of the molecule is Cc1ccc2c(CNC(C)(C)C)coc2c1C. The van der Waals surface area contributed by atoms with Crippen LogP contribution in [0.25, 0.3) is 11.0 Å². The first-order chi connectivity index (χ1) is 7.88. The summed E-state index contributed by atoms with van der Waals surface area (Å²) in [5.41, 5.74) is 4.91. The van der Waals surface area contributed by atoms with E-state index in [1.807, 2.05) is 6.26 Å². The molecule has 0 bridgehead atoms. The third kappa shape index (κ3) is 2.52. The lowest BCUT2D eigenvalue weighted by Crippen LogP contribution is -2.34. The zero-order valence-corrected chi connectivity index (χ0v) is 11.3. The molecule has 2 aromatic rings. The van der Waals surface area contributed by atoms with E-state index in [2.05, 4.69) is 52.1 Å². The molecule has 0 atom stereocenters. The van der Waals surface area contributed by atoms with Gasteiger partial charge in [-0.05, 0) is 45.7 Å². The minimum absolute atomic E-state index is 0.128. The molecule has 17 heavy (non-hydrogen) atoms. The highest BCUT2D eigenvalue weighted by Gasteiger charge is 2.13. The van der Waals surface area contributed by atoms with Gasteiger partial charge in [-0.3, -0.25) is 0 Å². The van der Waals surface area contributed by atoms with Crippen molar-refractivity contribution >= 4 is 11.0 Å². The summed E-state index contributed by atoms with van der Waals surface area (Å²) in [6, 6.07) is 4.31. The van der Waals surface area contributed by atoms with Crippen molar-refractivity contribution in [2.24, 2.45) is 0 Å².